The number of carbonyl (C=O) groups excluding carboxylic acids is 1. The number of rotatable bonds is 3. The van der Waals surface area contributed by atoms with Crippen LogP contribution in [0.1, 0.15) is 35.0 Å². The third kappa shape index (κ3) is 3.20. The number of carbonyl (C=O) groups is 1. The van der Waals surface area contributed by atoms with E-state index >= 15 is 0 Å². The molecule has 146 valence electrons. The summed E-state index contributed by atoms with van der Waals surface area (Å²) in [5, 5.41) is 0. The molecule has 0 radical (unpaired) electrons. The first-order chi connectivity index (χ1) is 14.2. The molecule has 0 unspecified atom stereocenters. The maximum Gasteiger partial charge on any atom is 0.289 e. The zero-order chi connectivity index (χ0) is 19.8. The van der Waals surface area contributed by atoms with Crippen LogP contribution in [0.25, 0.3) is 22.3 Å². The zero-order valence-corrected chi connectivity index (χ0v) is 16.3. The third-order valence-electron chi connectivity index (χ3n) is 5.71. The van der Waals surface area contributed by atoms with Gasteiger partial charge >= 0.3 is 0 Å². The van der Waals surface area contributed by atoms with E-state index in [2.05, 4.69) is 23.2 Å². The molecule has 0 atom stereocenters. The van der Waals surface area contributed by atoms with Crippen LogP contribution >= 0.6 is 0 Å². The van der Waals surface area contributed by atoms with Gasteiger partial charge in [-0.05, 0) is 31.0 Å². The fourth-order valence-electron chi connectivity index (χ4n) is 4.09. The summed E-state index contributed by atoms with van der Waals surface area (Å²) < 4.78 is 7.31. The fourth-order valence-corrected chi connectivity index (χ4v) is 4.09. The molecule has 0 saturated carbocycles. The van der Waals surface area contributed by atoms with Crippen LogP contribution < -0.4 is 0 Å². The van der Waals surface area contributed by atoms with Crippen LogP contribution in [0.2, 0.25) is 0 Å². The number of hydrogen-bond acceptors (Lipinski definition) is 4. The molecule has 0 aliphatic carbocycles. The number of pyridine rings is 1. The summed E-state index contributed by atoms with van der Waals surface area (Å²) in [6, 6.07) is 15.8. The van der Waals surface area contributed by atoms with Crippen molar-refractivity contribution >= 4 is 16.9 Å². The van der Waals surface area contributed by atoms with Gasteiger partial charge in [-0.15, -0.1) is 0 Å². The Hall–Kier alpha value is -3.41. The molecule has 6 nitrogen and oxygen atoms in total. The van der Waals surface area contributed by atoms with Crippen molar-refractivity contribution < 1.29 is 9.21 Å². The number of imidazole rings is 1. The van der Waals surface area contributed by atoms with E-state index in [0.717, 1.165) is 40.8 Å². The van der Waals surface area contributed by atoms with Gasteiger partial charge < -0.3 is 13.9 Å². The SMILES string of the molecule is Cn1cnc2c(-c3ccccc3)nc(C3CCN(C(=O)c4ccco4)CC3)cc21. The summed E-state index contributed by atoms with van der Waals surface area (Å²) in [6.07, 6.45) is 5.15. The maximum atomic E-state index is 12.5. The number of amides is 1. The van der Waals surface area contributed by atoms with E-state index < -0.39 is 0 Å². The lowest BCUT2D eigenvalue weighted by atomic mass is 9.92. The van der Waals surface area contributed by atoms with Crippen LogP contribution in [0.4, 0.5) is 0 Å². The number of likely N-dealkylation sites (tertiary alicyclic amines) is 1. The molecular weight excluding hydrogens is 364 g/mol. The number of aromatic nitrogens is 3. The number of hydrogen-bond donors (Lipinski definition) is 0. The molecule has 3 aromatic heterocycles. The molecule has 4 aromatic rings. The van der Waals surface area contributed by atoms with Gasteiger partial charge in [-0.3, -0.25) is 9.78 Å². The second-order valence-electron chi connectivity index (χ2n) is 7.53. The molecule has 0 spiro atoms. The highest BCUT2D eigenvalue weighted by Crippen LogP contribution is 2.33. The Labute approximate surface area is 168 Å². The van der Waals surface area contributed by atoms with Crippen molar-refractivity contribution in [2.24, 2.45) is 7.05 Å². The predicted octanol–water partition coefficient (Wildman–Crippen LogP) is 4.25. The molecule has 6 heteroatoms. The molecule has 0 N–H and O–H groups in total. The van der Waals surface area contributed by atoms with Crippen molar-refractivity contribution in [2.75, 3.05) is 13.1 Å². The Morgan fingerprint density at radius 3 is 2.62 bits per heavy atom. The van der Waals surface area contributed by atoms with Gasteiger partial charge in [0.2, 0.25) is 0 Å². The molecule has 1 amide bonds. The van der Waals surface area contributed by atoms with Gasteiger partial charge in [0.15, 0.2) is 5.76 Å². The van der Waals surface area contributed by atoms with E-state index in [9.17, 15) is 4.79 Å². The topological polar surface area (TPSA) is 64.2 Å². The van der Waals surface area contributed by atoms with Crippen LogP contribution in [-0.2, 0) is 7.05 Å². The van der Waals surface area contributed by atoms with Crippen molar-refractivity contribution in [3.63, 3.8) is 0 Å². The molecule has 5 rings (SSSR count). The highest BCUT2D eigenvalue weighted by Gasteiger charge is 2.27. The van der Waals surface area contributed by atoms with Gasteiger partial charge in [0.25, 0.3) is 5.91 Å². The summed E-state index contributed by atoms with van der Waals surface area (Å²) in [4.78, 5) is 24.0. The number of fused-ring (bicyclic) bond motifs is 1. The van der Waals surface area contributed by atoms with E-state index in [0.29, 0.717) is 24.8 Å². The fraction of sp³-hybridized carbons (Fsp3) is 0.261. The maximum absolute atomic E-state index is 12.5. The van der Waals surface area contributed by atoms with Crippen molar-refractivity contribution in [2.45, 2.75) is 18.8 Å². The minimum Gasteiger partial charge on any atom is -0.459 e. The van der Waals surface area contributed by atoms with Crippen LogP contribution in [0.5, 0.6) is 0 Å². The Kier molecular flexibility index (Phi) is 4.39. The minimum absolute atomic E-state index is 0.0338. The molecule has 1 fully saturated rings. The van der Waals surface area contributed by atoms with Crippen LogP contribution in [-0.4, -0.2) is 38.4 Å². The third-order valence-corrected chi connectivity index (χ3v) is 5.71. The zero-order valence-electron chi connectivity index (χ0n) is 16.3. The van der Waals surface area contributed by atoms with Crippen molar-refractivity contribution in [3.05, 3.63) is 72.6 Å². The molecule has 1 aliphatic rings. The van der Waals surface area contributed by atoms with E-state index in [4.69, 9.17) is 9.40 Å². The van der Waals surface area contributed by atoms with Gasteiger partial charge in [0, 0.05) is 37.3 Å². The van der Waals surface area contributed by atoms with Gasteiger partial charge in [-0.2, -0.15) is 0 Å². The summed E-state index contributed by atoms with van der Waals surface area (Å²) >= 11 is 0. The number of benzene rings is 1. The van der Waals surface area contributed by atoms with Crippen LogP contribution in [0.3, 0.4) is 0 Å². The number of furan rings is 1. The average Bonchev–Trinajstić information content (AvgIpc) is 3.44. The lowest BCUT2D eigenvalue weighted by Crippen LogP contribution is -2.37. The number of piperidine rings is 1. The van der Waals surface area contributed by atoms with Crippen molar-refractivity contribution in [1.82, 2.24) is 19.4 Å². The molecular formula is C23H22N4O2. The Balaban J connectivity index is 1.44. The first-order valence-corrected chi connectivity index (χ1v) is 9.91. The van der Waals surface area contributed by atoms with E-state index in [1.54, 1.807) is 12.1 Å². The quantitative estimate of drug-likeness (QED) is 0.528. The van der Waals surface area contributed by atoms with Crippen LogP contribution in [0, 0.1) is 0 Å². The largest absolute Gasteiger partial charge is 0.459 e. The van der Waals surface area contributed by atoms with E-state index in [1.807, 2.05) is 41.0 Å². The normalized spacial score (nSPS) is 15.1. The second-order valence-corrected chi connectivity index (χ2v) is 7.53. The van der Waals surface area contributed by atoms with E-state index in [1.165, 1.54) is 6.26 Å². The monoisotopic (exact) mass is 386 g/mol. The lowest BCUT2D eigenvalue weighted by molar-refractivity contribution is 0.0680. The summed E-state index contributed by atoms with van der Waals surface area (Å²) in [5.41, 5.74) is 5.08. The smallest absolute Gasteiger partial charge is 0.289 e. The van der Waals surface area contributed by atoms with Gasteiger partial charge in [-0.1, -0.05) is 30.3 Å². The Morgan fingerprint density at radius 1 is 1.10 bits per heavy atom. The summed E-state index contributed by atoms with van der Waals surface area (Å²) in [7, 11) is 2.01. The standard InChI is InChI=1S/C23H22N4O2/c1-26-15-24-22-19(26)14-18(25-21(22)17-6-3-2-4-7-17)16-9-11-27(12-10-16)23(28)20-8-5-13-29-20/h2-8,13-16H,9-12H2,1H3. The first-order valence-electron chi connectivity index (χ1n) is 9.91. The Bertz CT molecular complexity index is 1140. The highest BCUT2D eigenvalue weighted by molar-refractivity contribution is 5.91. The molecule has 1 aliphatic heterocycles. The van der Waals surface area contributed by atoms with Crippen molar-refractivity contribution in [1.29, 1.82) is 0 Å². The molecule has 1 aromatic carbocycles. The van der Waals surface area contributed by atoms with Gasteiger partial charge in [0.05, 0.1) is 23.8 Å². The van der Waals surface area contributed by atoms with Crippen molar-refractivity contribution in [3.8, 4) is 11.3 Å². The minimum atomic E-state index is -0.0338. The van der Waals surface area contributed by atoms with Gasteiger partial charge in [-0.25, -0.2) is 4.98 Å². The van der Waals surface area contributed by atoms with E-state index in [-0.39, 0.29) is 5.91 Å². The Morgan fingerprint density at radius 2 is 1.90 bits per heavy atom. The average molecular weight is 386 g/mol. The molecule has 0 bridgehead atoms. The molecule has 1 saturated heterocycles. The second kappa shape index (κ2) is 7.20. The number of nitrogens with zero attached hydrogens (tertiary/aromatic N) is 4. The highest BCUT2D eigenvalue weighted by atomic mass is 16.3. The molecule has 4 heterocycles. The van der Waals surface area contributed by atoms with Gasteiger partial charge in [0.1, 0.15) is 5.52 Å². The molecule has 29 heavy (non-hydrogen) atoms. The summed E-state index contributed by atoms with van der Waals surface area (Å²) in [5.74, 6) is 0.690. The lowest BCUT2D eigenvalue weighted by Gasteiger charge is -2.31. The summed E-state index contributed by atoms with van der Waals surface area (Å²) in [6.45, 7) is 1.41. The first kappa shape index (κ1) is 17.7. The predicted molar refractivity (Wildman–Crippen MR) is 111 cm³/mol. The number of aryl methyl sites for hydroxylation is 1. The van der Waals surface area contributed by atoms with Crippen LogP contribution in [0.15, 0.2) is 65.5 Å².